The zero-order valence-corrected chi connectivity index (χ0v) is 18.2. The molecule has 0 fully saturated rings. The summed E-state index contributed by atoms with van der Waals surface area (Å²) in [6, 6.07) is 5.28. The van der Waals surface area contributed by atoms with Gasteiger partial charge < -0.3 is 5.32 Å². The van der Waals surface area contributed by atoms with Gasteiger partial charge in [0.2, 0.25) is 5.91 Å². The lowest BCUT2D eigenvalue weighted by Gasteiger charge is -2.09. The van der Waals surface area contributed by atoms with Gasteiger partial charge in [-0.15, -0.1) is 0 Å². The lowest BCUT2D eigenvalue weighted by atomic mass is 10.2. The van der Waals surface area contributed by atoms with E-state index in [1.807, 2.05) is 19.9 Å². The molecule has 0 saturated heterocycles. The van der Waals surface area contributed by atoms with Crippen LogP contribution in [0.5, 0.6) is 0 Å². The Hall–Kier alpha value is -2.91. The normalized spacial score (nSPS) is 11.0. The van der Waals surface area contributed by atoms with Crippen molar-refractivity contribution in [3.05, 3.63) is 67.2 Å². The topological polar surface area (TPSA) is 108 Å². The van der Waals surface area contributed by atoms with Gasteiger partial charge in [-0.2, -0.15) is 10.2 Å². The highest BCUT2D eigenvalue weighted by molar-refractivity contribution is 6.35. The molecule has 0 aliphatic heterocycles. The molecule has 1 aromatic carbocycles. The molecule has 2 aromatic heterocycles. The molecule has 9 nitrogen and oxygen atoms in total. The molecule has 3 aromatic rings. The first-order valence-electron chi connectivity index (χ1n) is 9.12. The van der Waals surface area contributed by atoms with Gasteiger partial charge in [-0.1, -0.05) is 29.3 Å². The summed E-state index contributed by atoms with van der Waals surface area (Å²) in [6.45, 7) is 5.94. The maximum Gasteiger partial charge on any atom is 0.309 e. The number of aryl methyl sites for hydroxylation is 2. The zero-order valence-electron chi connectivity index (χ0n) is 16.6. The Morgan fingerprint density at radius 1 is 1.20 bits per heavy atom. The van der Waals surface area contributed by atoms with Crippen LogP contribution in [0, 0.1) is 30.9 Å². The van der Waals surface area contributed by atoms with E-state index in [4.69, 9.17) is 23.2 Å². The lowest BCUT2D eigenvalue weighted by molar-refractivity contribution is -0.385. The van der Waals surface area contributed by atoms with Gasteiger partial charge in [-0.25, -0.2) is 0 Å². The molecule has 1 amide bonds. The summed E-state index contributed by atoms with van der Waals surface area (Å²) >= 11 is 12.2. The second-order valence-electron chi connectivity index (χ2n) is 6.83. The molecule has 0 spiro atoms. The van der Waals surface area contributed by atoms with Crippen molar-refractivity contribution in [3.63, 3.8) is 0 Å². The molecule has 0 aliphatic rings. The van der Waals surface area contributed by atoms with Gasteiger partial charge in [0, 0.05) is 16.5 Å². The largest absolute Gasteiger partial charge is 0.323 e. The minimum atomic E-state index is -0.493. The molecule has 0 unspecified atom stereocenters. The van der Waals surface area contributed by atoms with E-state index in [2.05, 4.69) is 15.5 Å². The third kappa shape index (κ3) is 4.63. The first-order chi connectivity index (χ1) is 14.2. The number of nitrogens with one attached hydrogen (secondary N) is 1. The Balaban J connectivity index is 1.68. The fraction of sp³-hybridized carbons (Fsp3) is 0.316. The number of hydrogen-bond donors (Lipinski definition) is 1. The molecule has 3 rings (SSSR count). The summed E-state index contributed by atoms with van der Waals surface area (Å²) in [5.41, 5.74) is 3.31. The fourth-order valence-corrected chi connectivity index (χ4v) is 3.56. The van der Waals surface area contributed by atoms with E-state index in [0.717, 1.165) is 11.3 Å². The molecule has 1 N–H and O–H groups in total. The molecule has 2 heterocycles. The second-order valence-corrected chi connectivity index (χ2v) is 7.68. The van der Waals surface area contributed by atoms with Gasteiger partial charge in [-0.3, -0.25) is 24.3 Å². The summed E-state index contributed by atoms with van der Waals surface area (Å²) in [6.07, 6.45) is 1.31. The van der Waals surface area contributed by atoms with Gasteiger partial charge in [-0.05, 0) is 38.5 Å². The molecule has 0 radical (unpaired) electrons. The van der Waals surface area contributed by atoms with E-state index in [1.54, 1.807) is 23.7 Å². The van der Waals surface area contributed by atoms with E-state index >= 15 is 0 Å². The summed E-state index contributed by atoms with van der Waals surface area (Å²) in [4.78, 5) is 22.9. The molecule has 0 aliphatic carbocycles. The van der Waals surface area contributed by atoms with Crippen molar-refractivity contribution in [2.75, 3.05) is 5.32 Å². The summed E-state index contributed by atoms with van der Waals surface area (Å²) in [5, 5.41) is 23.4. The number of nitro groups is 1. The zero-order chi connectivity index (χ0) is 22.0. The molecule has 0 atom stereocenters. The molecule has 158 valence electrons. The van der Waals surface area contributed by atoms with Gasteiger partial charge >= 0.3 is 5.69 Å². The first-order valence-corrected chi connectivity index (χ1v) is 9.87. The number of halogens is 2. The van der Waals surface area contributed by atoms with Gasteiger partial charge in [0.1, 0.15) is 11.9 Å². The predicted octanol–water partition coefficient (Wildman–Crippen LogP) is 4.30. The summed E-state index contributed by atoms with van der Waals surface area (Å²) in [7, 11) is 0. The van der Waals surface area contributed by atoms with E-state index in [0.29, 0.717) is 33.7 Å². The van der Waals surface area contributed by atoms with Crippen LogP contribution in [-0.4, -0.2) is 30.4 Å². The third-order valence-electron chi connectivity index (χ3n) is 4.81. The summed E-state index contributed by atoms with van der Waals surface area (Å²) < 4.78 is 3.21. The number of rotatable bonds is 7. The molecular weight excluding hydrogens is 431 g/mol. The van der Waals surface area contributed by atoms with Crippen LogP contribution in [0.1, 0.15) is 29.1 Å². The average molecular weight is 451 g/mol. The number of carbonyl (C=O) groups is 1. The lowest BCUT2D eigenvalue weighted by Crippen LogP contribution is -2.16. The third-order valence-corrected chi connectivity index (χ3v) is 5.39. The van der Waals surface area contributed by atoms with Crippen LogP contribution in [0.4, 0.5) is 11.4 Å². The van der Waals surface area contributed by atoms with Crippen LogP contribution in [0.25, 0.3) is 0 Å². The highest BCUT2D eigenvalue weighted by Crippen LogP contribution is 2.25. The number of hydrogen-bond acceptors (Lipinski definition) is 5. The van der Waals surface area contributed by atoms with Crippen LogP contribution >= 0.6 is 23.2 Å². The number of aromatic nitrogens is 4. The Morgan fingerprint density at radius 2 is 1.93 bits per heavy atom. The Kier molecular flexibility index (Phi) is 6.42. The van der Waals surface area contributed by atoms with E-state index in [9.17, 15) is 14.9 Å². The van der Waals surface area contributed by atoms with Crippen LogP contribution < -0.4 is 5.32 Å². The highest BCUT2D eigenvalue weighted by Gasteiger charge is 2.18. The molecule has 11 heteroatoms. The van der Waals surface area contributed by atoms with Crippen molar-refractivity contribution in [1.29, 1.82) is 0 Å². The van der Waals surface area contributed by atoms with Gasteiger partial charge in [0.05, 0.1) is 35.1 Å². The van der Waals surface area contributed by atoms with E-state index in [-0.39, 0.29) is 24.6 Å². The smallest absolute Gasteiger partial charge is 0.309 e. The standard InChI is InChI=1S/C19H20Cl2N6O3/c1-11-19(13(3)26(24-11)10-14-4-5-15(20)8-16(14)21)23-18(28)6-7-25-12(2)17(9-22-25)27(29)30/h4-5,8-9H,6-7,10H2,1-3H3,(H,23,28). The highest BCUT2D eigenvalue weighted by atomic mass is 35.5. The molecule has 0 saturated carbocycles. The Labute approximate surface area is 182 Å². The van der Waals surface area contributed by atoms with E-state index in [1.165, 1.54) is 10.9 Å². The van der Waals surface area contributed by atoms with Gasteiger partial charge in [0.25, 0.3) is 0 Å². The van der Waals surface area contributed by atoms with Crippen LogP contribution in [0.2, 0.25) is 10.0 Å². The fourth-order valence-electron chi connectivity index (χ4n) is 3.09. The number of nitrogens with zero attached hydrogens (tertiary/aromatic N) is 5. The van der Waals surface area contributed by atoms with E-state index < -0.39 is 4.92 Å². The monoisotopic (exact) mass is 450 g/mol. The van der Waals surface area contributed by atoms with Crippen molar-refractivity contribution in [2.24, 2.45) is 0 Å². The number of benzene rings is 1. The molecule has 30 heavy (non-hydrogen) atoms. The first kappa shape index (κ1) is 21.8. The Bertz CT molecular complexity index is 1120. The van der Waals surface area contributed by atoms with Crippen molar-refractivity contribution >= 4 is 40.5 Å². The Morgan fingerprint density at radius 3 is 2.57 bits per heavy atom. The second kappa shape index (κ2) is 8.85. The van der Waals surface area contributed by atoms with Crippen molar-refractivity contribution in [3.8, 4) is 0 Å². The van der Waals surface area contributed by atoms with Gasteiger partial charge in [0.15, 0.2) is 0 Å². The van der Waals surface area contributed by atoms with Crippen LogP contribution in [0.3, 0.4) is 0 Å². The SMILES string of the molecule is Cc1nn(Cc2ccc(Cl)cc2Cl)c(C)c1NC(=O)CCn1ncc([N+](=O)[O-])c1C. The quantitative estimate of drug-likeness (QED) is 0.426. The predicted molar refractivity (Wildman–Crippen MR) is 114 cm³/mol. The maximum atomic E-state index is 12.4. The van der Waals surface area contributed by atoms with Crippen LogP contribution in [0.15, 0.2) is 24.4 Å². The minimum Gasteiger partial charge on any atom is -0.323 e. The number of amides is 1. The number of carbonyl (C=O) groups excluding carboxylic acids is 1. The minimum absolute atomic E-state index is 0.0655. The van der Waals surface area contributed by atoms with Crippen molar-refractivity contribution in [1.82, 2.24) is 19.6 Å². The maximum absolute atomic E-state index is 12.4. The van der Waals surface area contributed by atoms with Crippen molar-refractivity contribution in [2.45, 2.75) is 40.3 Å². The molecular formula is C19H20Cl2N6O3. The van der Waals surface area contributed by atoms with Crippen LogP contribution in [-0.2, 0) is 17.9 Å². The average Bonchev–Trinajstić information content (AvgIpc) is 3.17. The van der Waals surface area contributed by atoms with Crippen molar-refractivity contribution < 1.29 is 9.72 Å². The number of anilines is 1. The summed E-state index contributed by atoms with van der Waals surface area (Å²) in [5.74, 6) is -0.233. The molecule has 0 bridgehead atoms.